The maximum atomic E-state index is 11.7. The molecule has 3 N–H and O–H groups in total. The van der Waals surface area contributed by atoms with Gasteiger partial charge >= 0.3 is 12.0 Å². The zero-order valence-electron chi connectivity index (χ0n) is 10.6. The number of nitrogens with one attached hydrogen (secondary N) is 2. The number of carbonyl (C=O) groups is 2. The molecule has 0 saturated heterocycles. The van der Waals surface area contributed by atoms with E-state index in [0.717, 1.165) is 5.56 Å². The van der Waals surface area contributed by atoms with Crippen molar-refractivity contribution >= 4 is 12.0 Å². The van der Waals surface area contributed by atoms with Gasteiger partial charge in [-0.15, -0.1) is 0 Å². The summed E-state index contributed by atoms with van der Waals surface area (Å²) < 4.78 is 5.32. The van der Waals surface area contributed by atoms with E-state index in [2.05, 4.69) is 10.6 Å². The number of urea groups is 1. The number of amides is 2. The molecule has 1 atom stereocenters. The molecule has 0 saturated carbocycles. The second-order valence-electron chi connectivity index (χ2n) is 4.08. The van der Waals surface area contributed by atoms with Crippen molar-refractivity contribution in [3.63, 3.8) is 0 Å². The first-order valence-corrected chi connectivity index (χ1v) is 6.01. The zero-order chi connectivity index (χ0) is 14.4. The molecule has 104 valence electrons. The predicted octanol–water partition coefficient (Wildman–Crippen LogP) is 1.75. The Kier molecular flexibility index (Phi) is 4.39. The smallest absolute Gasteiger partial charge is 0.323 e. The number of carboxylic acid groups (broad SMARTS) is 1. The molecule has 0 bridgehead atoms. The topological polar surface area (TPSA) is 91.6 Å². The number of rotatable bonds is 5. The molecule has 6 nitrogen and oxygen atoms in total. The maximum absolute atomic E-state index is 11.7. The molecule has 1 aromatic heterocycles. The van der Waals surface area contributed by atoms with Gasteiger partial charge in [-0.3, -0.25) is 4.79 Å². The molecule has 1 heterocycles. The summed E-state index contributed by atoms with van der Waals surface area (Å²) in [5.74, 6) is -0.531. The second-order valence-corrected chi connectivity index (χ2v) is 4.08. The quantitative estimate of drug-likeness (QED) is 0.774. The van der Waals surface area contributed by atoms with Crippen molar-refractivity contribution in [1.29, 1.82) is 0 Å². The summed E-state index contributed by atoms with van der Waals surface area (Å²) in [4.78, 5) is 22.1. The van der Waals surface area contributed by atoms with Crippen molar-refractivity contribution in [2.75, 3.05) is 6.54 Å². The Balaban J connectivity index is 2.12. The highest BCUT2D eigenvalue weighted by molar-refractivity contribution is 5.80. The molecule has 0 aliphatic heterocycles. The summed E-state index contributed by atoms with van der Waals surface area (Å²) >= 11 is 0. The standard InChI is InChI=1S/C14H14N2O4/c17-12(18)9-15-14(19)16-13(11-7-4-8-20-11)10-5-2-1-3-6-10/h1-8,13H,9H2,(H,17,18)(H2,15,16,19). The van der Waals surface area contributed by atoms with Crippen LogP contribution in [0, 0.1) is 0 Å². The van der Waals surface area contributed by atoms with Crippen molar-refractivity contribution in [2.45, 2.75) is 6.04 Å². The van der Waals surface area contributed by atoms with Gasteiger partial charge in [-0.05, 0) is 17.7 Å². The van der Waals surface area contributed by atoms with E-state index in [1.165, 1.54) is 6.26 Å². The van der Waals surface area contributed by atoms with Crippen LogP contribution in [0.25, 0.3) is 0 Å². The minimum Gasteiger partial charge on any atom is -0.480 e. The molecule has 0 aliphatic rings. The van der Waals surface area contributed by atoms with E-state index in [0.29, 0.717) is 5.76 Å². The largest absolute Gasteiger partial charge is 0.480 e. The van der Waals surface area contributed by atoms with Crippen LogP contribution in [0.3, 0.4) is 0 Å². The highest BCUT2D eigenvalue weighted by atomic mass is 16.4. The minimum absolute atomic E-state index is 0.439. The maximum Gasteiger partial charge on any atom is 0.323 e. The van der Waals surface area contributed by atoms with E-state index in [-0.39, 0.29) is 0 Å². The first-order chi connectivity index (χ1) is 9.66. The number of hydrogen-bond acceptors (Lipinski definition) is 3. The van der Waals surface area contributed by atoms with Crippen LogP contribution in [0.15, 0.2) is 53.1 Å². The molecule has 1 unspecified atom stereocenters. The van der Waals surface area contributed by atoms with Gasteiger partial charge in [0.15, 0.2) is 0 Å². The molecule has 0 aliphatic carbocycles. The number of hydrogen-bond donors (Lipinski definition) is 3. The van der Waals surface area contributed by atoms with E-state index < -0.39 is 24.6 Å². The van der Waals surface area contributed by atoms with E-state index in [4.69, 9.17) is 9.52 Å². The van der Waals surface area contributed by atoms with Crippen molar-refractivity contribution in [3.8, 4) is 0 Å². The number of benzene rings is 1. The zero-order valence-corrected chi connectivity index (χ0v) is 10.6. The van der Waals surface area contributed by atoms with Gasteiger partial charge < -0.3 is 20.2 Å². The average Bonchev–Trinajstić information content (AvgIpc) is 2.97. The van der Waals surface area contributed by atoms with Crippen LogP contribution in [0.5, 0.6) is 0 Å². The van der Waals surface area contributed by atoms with Gasteiger partial charge in [0.25, 0.3) is 0 Å². The Bertz CT molecular complexity index is 566. The Morgan fingerprint density at radius 3 is 2.50 bits per heavy atom. The molecule has 6 heteroatoms. The van der Waals surface area contributed by atoms with E-state index in [1.807, 2.05) is 30.3 Å². The van der Waals surface area contributed by atoms with Crippen LogP contribution in [0.1, 0.15) is 17.4 Å². The summed E-state index contributed by atoms with van der Waals surface area (Å²) in [6.45, 7) is -0.439. The first kappa shape index (κ1) is 13.7. The third kappa shape index (κ3) is 3.61. The highest BCUT2D eigenvalue weighted by Gasteiger charge is 2.19. The number of furan rings is 1. The lowest BCUT2D eigenvalue weighted by molar-refractivity contribution is -0.135. The predicted molar refractivity (Wildman–Crippen MR) is 71.2 cm³/mol. The molecular weight excluding hydrogens is 260 g/mol. The summed E-state index contributed by atoms with van der Waals surface area (Å²) in [7, 11) is 0. The molecule has 2 amide bonds. The lowest BCUT2D eigenvalue weighted by atomic mass is 10.1. The van der Waals surface area contributed by atoms with Crippen LogP contribution in [-0.4, -0.2) is 23.7 Å². The lowest BCUT2D eigenvalue weighted by Crippen LogP contribution is -2.40. The monoisotopic (exact) mass is 274 g/mol. The molecular formula is C14H14N2O4. The van der Waals surface area contributed by atoms with E-state index >= 15 is 0 Å². The van der Waals surface area contributed by atoms with Crippen molar-refractivity contribution < 1.29 is 19.1 Å². The molecule has 0 spiro atoms. The molecule has 20 heavy (non-hydrogen) atoms. The fourth-order valence-corrected chi connectivity index (χ4v) is 1.76. The Morgan fingerprint density at radius 2 is 1.90 bits per heavy atom. The minimum atomic E-state index is -1.10. The van der Waals surface area contributed by atoms with Gasteiger partial charge in [0.2, 0.25) is 0 Å². The highest BCUT2D eigenvalue weighted by Crippen LogP contribution is 2.21. The van der Waals surface area contributed by atoms with Crippen LogP contribution in [0.2, 0.25) is 0 Å². The van der Waals surface area contributed by atoms with Crippen molar-refractivity contribution in [3.05, 3.63) is 60.1 Å². The van der Waals surface area contributed by atoms with Crippen molar-refractivity contribution in [2.24, 2.45) is 0 Å². The summed E-state index contributed by atoms with van der Waals surface area (Å²) in [5, 5.41) is 13.5. The molecule has 0 radical (unpaired) electrons. The molecule has 0 fully saturated rings. The van der Waals surface area contributed by atoms with Crippen LogP contribution in [-0.2, 0) is 4.79 Å². The van der Waals surface area contributed by atoms with Gasteiger partial charge in [0.1, 0.15) is 18.3 Å². The number of aliphatic carboxylic acids is 1. The van der Waals surface area contributed by atoms with Crippen molar-refractivity contribution in [1.82, 2.24) is 10.6 Å². The van der Waals surface area contributed by atoms with E-state index in [9.17, 15) is 9.59 Å². The van der Waals surface area contributed by atoms with E-state index in [1.54, 1.807) is 12.1 Å². The third-order valence-corrected chi connectivity index (χ3v) is 2.64. The first-order valence-electron chi connectivity index (χ1n) is 6.01. The van der Waals surface area contributed by atoms with Gasteiger partial charge in [-0.2, -0.15) is 0 Å². The summed E-state index contributed by atoms with van der Waals surface area (Å²) in [6.07, 6.45) is 1.52. The fourth-order valence-electron chi connectivity index (χ4n) is 1.76. The van der Waals surface area contributed by atoms with Crippen LogP contribution >= 0.6 is 0 Å². The average molecular weight is 274 g/mol. The fraction of sp³-hybridized carbons (Fsp3) is 0.143. The van der Waals surface area contributed by atoms with Gasteiger partial charge in [0, 0.05) is 0 Å². The van der Waals surface area contributed by atoms with Gasteiger partial charge in [-0.1, -0.05) is 30.3 Å². The normalized spacial score (nSPS) is 11.6. The summed E-state index contributed by atoms with van der Waals surface area (Å²) in [5.41, 5.74) is 0.841. The SMILES string of the molecule is O=C(O)CNC(=O)NC(c1ccccc1)c1ccco1. The van der Waals surface area contributed by atoms with Crippen LogP contribution < -0.4 is 10.6 Å². The Labute approximate surface area is 115 Å². The number of carbonyl (C=O) groups excluding carboxylic acids is 1. The van der Waals surface area contributed by atoms with Gasteiger partial charge in [-0.25, -0.2) is 4.79 Å². The Morgan fingerprint density at radius 1 is 1.15 bits per heavy atom. The molecule has 1 aromatic carbocycles. The third-order valence-electron chi connectivity index (χ3n) is 2.64. The second kappa shape index (κ2) is 6.42. The van der Waals surface area contributed by atoms with Gasteiger partial charge in [0.05, 0.1) is 6.26 Å². The molecule has 2 rings (SSSR count). The summed E-state index contributed by atoms with van der Waals surface area (Å²) in [6, 6.07) is 11.7. The Hall–Kier alpha value is -2.76. The lowest BCUT2D eigenvalue weighted by Gasteiger charge is -2.17. The molecule has 2 aromatic rings. The number of carboxylic acids is 1. The van der Waals surface area contributed by atoms with Crippen LogP contribution in [0.4, 0.5) is 4.79 Å².